The van der Waals surface area contributed by atoms with Crippen molar-refractivity contribution in [1.29, 1.82) is 0 Å². The first-order chi connectivity index (χ1) is 14.6. The first-order valence-corrected chi connectivity index (χ1v) is 11.2. The number of allylic oxidation sites excluding steroid dienone is 3. The molecule has 0 fully saturated rings. The van der Waals surface area contributed by atoms with Crippen molar-refractivity contribution in [3.8, 4) is 0 Å². The molecule has 0 spiro atoms. The third-order valence-corrected chi connectivity index (χ3v) is 6.38. The minimum atomic E-state index is -0.465. The van der Waals surface area contributed by atoms with Crippen molar-refractivity contribution in [3.05, 3.63) is 80.2 Å². The summed E-state index contributed by atoms with van der Waals surface area (Å²) in [6.45, 7) is 6.06. The molecule has 0 bridgehead atoms. The van der Waals surface area contributed by atoms with Crippen LogP contribution in [0.1, 0.15) is 45.1 Å². The number of halogens is 2. The highest BCUT2D eigenvalue weighted by molar-refractivity contribution is 9.10. The van der Waals surface area contributed by atoms with Crippen molar-refractivity contribution in [2.45, 2.75) is 39.5 Å². The van der Waals surface area contributed by atoms with Gasteiger partial charge in [-0.1, -0.05) is 37.6 Å². The van der Waals surface area contributed by atoms with Crippen molar-refractivity contribution >= 4 is 45.0 Å². The van der Waals surface area contributed by atoms with E-state index in [2.05, 4.69) is 45.4 Å². The van der Waals surface area contributed by atoms with E-state index in [1.807, 2.05) is 25.1 Å². The number of benzene rings is 1. The summed E-state index contributed by atoms with van der Waals surface area (Å²) < 4.78 is 0.824. The van der Waals surface area contributed by atoms with Crippen LogP contribution in [-0.4, -0.2) is 16.7 Å². The molecule has 7 heteroatoms. The van der Waals surface area contributed by atoms with Crippen LogP contribution in [0.2, 0.25) is 5.02 Å². The fourth-order valence-corrected chi connectivity index (χ4v) is 4.72. The second-order valence-electron chi connectivity index (χ2n) is 8.80. The maximum absolute atomic E-state index is 13.4. The third-order valence-electron chi connectivity index (χ3n) is 5.66. The van der Waals surface area contributed by atoms with Crippen LogP contribution in [0.25, 0.3) is 0 Å². The highest BCUT2D eigenvalue weighted by Gasteiger charge is 2.42. The number of ketones is 1. The number of amides is 1. The molecule has 160 valence electrons. The van der Waals surface area contributed by atoms with E-state index in [9.17, 15) is 9.59 Å². The lowest BCUT2D eigenvalue weighted by atomic mass is 9.68. The van der Waals surface area contributed by atoms with Gasteiger partial charge < -0.3 is 10.6 Å². The molecule has 31 heavy (non-hydrogen) atoms. The number of nitrogens with zero attached hydrogens (tertiary/aromatic N) is 1. The predicted molar refractivity (Wildman–Crippen MR) is 126 cm³/mol. The van der Waals surface area contributed by atoms with E-state index >= 15 is 0 Å². The lowest BCUT2D eigenvalue weighted by Crippen LogP contribution is -2.39. The lowest BCUT2D eigenvalue weighted by Gasteiger charge is -2.39. The minimum Gasteiger partial charge on any atom is -0.362 e. The van der Waals surface area contributed by atoms with Gasteiger partial charge in [0.25, 0.3) is 5.91 Å². The second kappa shape index (κ2) is 8.24. The number of hydrogen-bond acceptors (Lipinski definition) is 4. The van der Waals surface area contributed by atoms with Gasteiger partial charge in [0, 0.05) is 50.6 Å². The highest BCUT2D eigenvalue weighted by Crippen LogP contribution is 2.46. The minimum absolute atomic E-state index is 0.0678. The molecule has 5 nitrogen and oxygen atoms in total. The summed E-state index contributed by atoms with van der Waals surface area (Å²) in [6, 6.07) is 10.9. The Morgan fingerprint density at radius 2 is 1.90 bits per heavy atom. The molecule has 1 aromatic carbocycles. The number of Topliss-reactive ketones (excluding diaryl/α,β-unsaturated/α-hetero) is 1. The van der Waals surface area contributed by atoms with Gasteiger partial charge in [-0.15, -0.1) is 0 Å². The Morgan fingerprint density at radius 3 is 2.55 bits per heavy atom. The Hall–Kier alpha value is -2.44. The lowest BCUT2D eigenvalue weighted by molar-refractivity contribution is -0.118. The number of dihydropyridines is 1. The topological polar surface area (TPSA) is 71.1 Å². The van der Waals surface area contributed by atoms with Crippen LogP contribution >= 0.6 is 27.5 Å². The molecule has 0 saturated heterocycles. The van der Waals surface area contributed by atoms with Gasteiger partial charge in [0.1, 0.15) is 5.82 Å². The molecule has 1 atom stereocenters. The number of pyridine rings is 1. The molecule has 1 unspecified atom stereocenters. The normalized spacial score (nSPS) is 20.3. The molecule has 2 heterocycles. The largest absolute Gasteiger partial charge is 0.362 e. The summed E-state index contributed by atoms with van der Waals surface area (Å²) in [7, 11) is 0. The average molecular weight is 501 g/mol. The Morgan fingerprint density at radius 1 is 1.19 bits per heavy atom. The summed E-state index contributed by atoms with van der Waals surface area (Å²) in [5, 5.41) is 6.85. The summed E-state index contributed by atoms with van der Waals surface area (Å²) >= 11 is 9.46. The Kier molecular flexibility index (Phi) is 5.79. The van der Waals surface area contributed by atoms with Gasteiger partial charge >= 0.3 is 0 Å². The van der Waals surface area contributed by atoms with E-state index in [0.29, 0.717) is 28.4 Å². The van der Waals surface area contributed by atoms with E-state index in [1.54, 1.807) is 24.4 Å². The maximum Gasteiger partial charge on any atom is 0.255 e. The number of hydrogen-bond donors (Lipinski definition) is 2. The zero-order chi connectivity index (χ0) is 22.3. The van der Waals surface area contributed by atoms with E-state index < -0.39 is 5.92 Å². The molecule has 2 aliphatic rings. The predicted octanol–water partition coefficient (Wildman–Crippen LogP) is 5.74. The van der Waals surface area contributed by atoms with Crippen molar-refractivity contribution in [3.63, 3.8) is 0 Å². The van der Waals surface area contributed by atoms with Gasteiger partial charge in [-0.3, -0.25) is 9.59 Å². The zero-order valence-corrected chi connectivity index (χ0v) is 19.9. The van der Waals surface area contributed by atoms with Crippen LogP contribution in [0.4, 0.5) is 5.82 Å². The number of anilines is 1. The van der Waals surface area contributed by atoms with Crippen LogP contribution in [0.5, 0.6) is 0 Å². The summed E-state index contributed by atoms with van der Waals surface area (Å²) in [5.41, 5.74) is 3.55. The number of carbonyl (C=O) groups excluding carboxylic acids is 2. The summed E-state index contributed by atoms with van der Waals surface area (Å²) in [5.74, 6) is -0.242. The Balaban J connectivity index is 1.79. The first kappa shape index (κ1) is 21.8. The SMILES string of the molecule is CC1=C(C(=O)Nc2ccc(Br)cn2)C(c2ccc(Cl)cc2)C2=C(CC(C)(C)CC2=O)N1. The van der Waals surface area contributed by atoms with Crippen LogP contribution in [-0.2, 0) is 9.59 Å². The molecular weight excluding hydrogens is 478 g/mol. The molecular formula is C24H23BrClN3O2. The van der Waals surface area contributed by atoms with Gasteiger partial charge in [-0.25, -0.2) is 4.98 Å². The highest BCUT2D eigenvalue weighted by atomic mass is 79.9. The van der Waals surface area contributed by atoms with Crippen LogP contribution in [0.15, 0.2) is 69.6 Å². The standard InChI is InChI=1S/C24H23BrClN3O2/c1-13-20(23(31)29-19-9-6-15(25)12-27-19)21(14-4-7-16(26)8-5-14)22-17(28-13)10-24(2,3)11-18(22)30/h4-9,12,21,28H,10-11H2,1-3H3,(H,27,29,31). The monoisotopic (exact) mass is 499 g/mol. The van der Waals surface area contributed by atoms with Gasteiger partial charge in [-0.2, -0.15) is 0 Å². The molecule has 1 aromatic heterocycles. The first-order valence-electron chi connectivity index (χ1n) is 10.1. The third kappa shape index (κ3) is 4.46. The molecule has 1 amide bonds. The van der Waals surface area contributed by atoms with Crippen LogP contribution in [0.3, 0.4) is 0 Å². The molecule has 0 radical (unpaired) electrons. The average Bonchev–Trinajstić information content (AvgIpc) is 2.68. The molecule has 4 rings (SSSR count). The molecule has 1 aliphatic carbocycles. The zero-order valence-electron chi connectivity index (χ0n) is 17.6. The van der Waals surface area contributed by atoms with Crippen molar-refractivity contribution in [2.75, 3.05) is 5.32 Å². The molecule has 1 aliphatic heterocycles. The smallest absolute Gasteiger partial charge is 0.255 e. The number of aromatic nitrogens is 1. The Bertz CT molecular complexity index is 1120. The van der Waals surface area contributed by atoms with Gasteiger partial charge in [0.2, 0.25) is 0 Å². The number of carbonyl (C=O) groups is 2. The molecule has 0 saturated carbocycles. The van der Waals surface area contributed by atoms with E-state index in [-0.39, 0.29) is 17.1 Å². The summed E-state index contributed by atoms with van der Waals surface area (Å²) in [6.07, 6.45) is 2.82. The quantitative estimate of drug-likeness (QED) is 0.564. The van der Waals surface area contributed by atoms with Crippen LogP contribution < -0.4 is 10.6 Å². The number of nitrogens with one attached hydrogen (secondary N) is 2. The fourth-order valence-electron chi connectivity index (χ4n) is 4.36. The van der Waals surface area contributed by atoms with Crippen molar-refractivity contribution in [2.24, 2.45) is 5.41 Å². The van der Waals surface area contributed by atoms with E-state index in [0.717, 1.165) is 27.9 Å². The van der Waals surface area contributed by atoms with Gasteiger partial charge in [-0.05, 0) is 64.5 Å². The van der Waals surface area contributed by atoms with Crippen molar-refractivity contribution < 1.29 is 9.59 Å². The van der Waals surface area contributed by atoms with Crippen LogP contribution in [0, 0.1) is 5.41 Å². The molecule has 2 aromatic rings. The van der Waals surface area contributed by atoms with E-state index in [4.69, 9.17) is 11.6 Å². The Labute approximate surface area is 195 Å². The van der Waals surface area contributed by atoms with Gasteiger partial charge in [0.05, 0.1) is 0 Å². The number of rotatable bonds is 3. The second-order valence-corrected chi connectivity index (χ2v) is 10.1. The maximum atomic E-state index is 13.4. The fraction of sp³-hybridized carbons (Fsp3) is 0.292. The molecule has 2 N–H and O–H groups in total. The summed E-state index contributed by atoms with van der Waals surface area (Å²) in [4.78, 5) is 30.9. The van der Waals surface area contributed by atoms with Gasteiger partial charge in [0.15, 0.2) is 5.78 Å². The van der Waals surface area contributed by atoms with Crippen molar-refractivity contribution in [1.82, 2.24) is 10.3 Å². The van der Waals surface area contributed by atoms with E-state index in [1.165, 1.54) is 0 Å².